The van der Waals surface area contributed by atoms with E-state index in [9.17, 15) is 0 Å². The Hall–Kier alpha value is -0.800. The first kappa shape index (κ1) is 13.6. The third kappa shape index (κ3) is 3.59. The molecule has 0 aliphatic heterocycles. The molecule has 1 heterocycles. The van der Waals surface area contributed by atoms with Crippen LogP contribution in [0, 0.1) is 5.92 Å². The quantitative estimate of drug-likeness (QED) is 0.719. The Kier molecular flexibility index (Phi) is 4.84. The molecule has 2 rings (SSSR count). The van der Waals surface area contributed by atoms with Gasteiger partial charge in [0.25, 0.3) is 0 Å². The van der Waals surface area contributed by atoms with Crippen LogP contribution in [0.3, 0.4) is 0 Å². The number of rotatable bonds is 8. The van der Waals surface area contributed by atoms with Gasteiger partial charge in [-0.1, -0.05) is 20.8 Å². The first-order chi connectivity index (χ1) is 8.74. The van der Waals surface area contributed by atoms with Crippen LogP contribution in [0.2, 0.25) is 0 Å². The van der Waals surface area contributed by atoms with Gasteiger partial charge in [0.15, 0.2) is 0 Å². The van der Waals surface area contributed by atoms with E-state index in [0.29, 0.717) is 5.92 Å². The number of furan rings is 1. The highest BCUT2D eigenvalue weighted by Gasteiger charge is 2.36. The van der Waals surface area contributed by atoms with Gasteiger partial charge in [0.05, 0.1) is 6.54 Å². The van der Waals surface area contributed by atoms with Crippen molar-refractivity contribution in [3.05, 3.63) is 23.7 Å². The molecule has 2 unspecified atom stereocenters. The van der Waals surface area contributed by atoms with Crippen molar-refractivity contribution in [1.82, 2.24) is 10.2 Å². The van der Waals surface area contributed by atoms with Crippen LogP contribution < -0.4 is 5.32 Å². The molecule has 0 radical (unpaired) electrons. The van der Waals surface area contributed by atoms with E-state index >= 15 is 0 Å². The number of likely N-dealkylation sites (N-methyl/N-ethyl adjacent to an activating group) is 1. The highest BCUT2D eigenvalue weighted by atomic mass is 16.3. The second-order valence-corrected chi connectivity index (χ2v) is 5.33. The lowest BCUT2D eigenvalue weighted by Crippen LogP contribution is -2.31. The third-order valence-corrected chi connectivity index (χ3v) is 3.96. The Morgan fingerprint density at radius 1 is 1.33 bits per heavy atom. The van der Waals surface area contributed by atoms with Crippen LogP contribution in [0.15, 0.2) is 16.5 Å². The zero-order valence-electron chi connectivity index (χ0n) is 11.9. The van der Waals surface area contributed by atoms with Crippen molar-refractivity contribution in [1.29, 1.82) is 0 Å². The van der Waals surface area contributed by atoms with Gasteiger partial charge in [-0.25, -0.2) is 0 Å². The minimum Gasteiger partial charge on any atom is -0.464 e. The maximum absolute atomic E-state index is 5.86. The molecule has 0 aromatic carbocycles. The molecule has 1 fully saturated rings. The van der Waals surface area contributed by atoms with Gasteiger partial charge in [0.1, 0.15) is 11.5 Å². The van der Waals surface area contributed by atoms with Gasteiger partial charge in [-0.2, -0.15) is 0 Å². The molecule has 0 bridgehead atoms. The average molecular weight is 250 g/mol. The van der Waals surface area contributed by atoms with E-state index in [1.807, 2.05) is 0 Å². The first-order valence-corrected chi connectivity index (χ1v) is 7.26. The Bertz CT molecular complexity index is 357. The summed E-state index contributed by atoms with van der Waals surface area (Å²) in [5.74, 6) is 3.76. The molecule has 3 heteroatoms. The van der Waals surface area contributed by atoms with Crippen molar-refractivity contribution in [2.24, 2.45) is 5.92 Å². The zero-order valence-corrected chi connectivity index (χ0v) is 11.9. The highest BCUT2D eigenvalue weighted by Crippen LogP contribution is 2.47. The summed E-state index contributed by atoms with van der Waals surface area (Å²) in [4.78, 5) is 2.42. The van der Waals surface area contributed by atoms with Gasteiger partial charge in [-0.15, -0.1) is 0 Å². The number of hydrogen-bond donors (Lipinski definition) is 1. The highest BCUT2D eigenvalue weighted by molar-refractivity contribution is 5.17. The van der Waals surface area contributed by atoms with Gasteiger partial charge in [-0.05, 0) is 37.6 Å². The lowest BCUT2D eigenvalue weighted by atomic mass is 10.3. The average Bonchev–Trinajstić information content (AvgIpc) is 2.92. The lowest BCUT2D eigenvalue weighted by Gasteiger charge is -2.17. The maximum atomic E-state index is 5.86. The lowest BCUT2D eigenvalue weighted by molar-refractivity contribution is 0.300. The van der Waals surface area contributed by atoms with Crippen molar-refractivity contribution in [2.75, 3.05) is 26.2 Å². The largest absolute Gasteiger partial charge is 0.464 e. The van der Waals surface area contributed by atoms with Crippen molar-refractivity contribution in [3.8, 4) is 0 Å². The molecule has 1 saturated carbocycles. The van der Waals surface area contributed by atoms with Gasteiger partial charge in [-0.3, -0.25) is 0 Å². The SMILES string of the molecule is CCN(CC)CCNCc1ccc(C2CC2C)o1. The van der Waals surface area contributed by atoms with Crippen molar-refractivity contribution >= 4 is 0 Å². The van der Waals surface area contributed by atoms with E-state index in [0.717, 1.165) is 44.4 Å². The predicted octanol–water partition coefficient (Wildman–Crippen LogP) is 2.83. The molecule has 1 aromatic heterocycles. The van der Waals surface area contributed by atoms with Crippen LogP contribution >= 0.6 is 0 Å². The molecular weight excluding hydrogens is 224 g/mol. The number of nitrogens with one attached hydrogen (secondary N) is 1. The maximum Gasteiger partial charge on any atom is 0.117 e. The Labute approximate surface area is 111 Å². The molecule has 3 nitrogen and oxygen atoms in total. The van der Waals surface area contributed by atoms with Gasteiger partial charge in [0.2, 0.25) is 0 Å². The fourth-order valence-electron chi connectivity index (χ4n) is 2.40. The van der Waals surface area contributed by atoms with Gasteiger partial charge in [0, 0.05) is 19.0 Å². The Morgan fingerprint density at radius 3 is 2.67 bits per heavy atom. The number of nitrogens with zero attached hydrogens (tertiary/aromatic N) is 1. The van der Waals surface area contributed by atoms with Crippen LogP contribution in [0.4, 0.5) is 0 Å². The molecule has 0 saturated heterocycles. The summed E-state index contributed by atoms with van der Waals surface area (Å²) >= 11 is 0. The normalized spacial score (nSPS) is 22.7. The molecule has 0 amide bonds. The monoisotopic (exact) mass is 250 g/mol. The fourth-order valence-corrected chi connectivity index (χ4v) is 2.40. The van der Waals surface area contributed by atoms with Crippen molar-refractivity contribution in [2.45, 2.75) is 39.7 Å². The van der Waals surface area contributed by atoms with Gasteiger partial charge >= 0.3 is 0 Å². The standard InChI is InChI=1S/C15H26N2O/c1-4-17(5-2)9-8-16-11-13-6-7-15(18-13)14-10-12(14)3/h6-7,12,14,16H,4-5,8-11H2,1-3H3. The van der Waals surface area contributed by atoms with Crippen LogP contribution in [-0.4, -0.2) is 31.1 Å². The van der Waals surface area contributed by atoms with Crippen molar-refractivity contribution < 1.29 is 4.42 Å². The molecule has 0 spiro atoms. The fraction of sp³-hybridized carbons (Fsp3) is 0.733. The molecule has 2 atom stereocenters. The summed E-state index contributed by atoms with van der Waals surface area (Å²) in [6.45, 7) is 11.9. The zero-order chi connectivity index (χ0) is 13.0. The summed E-state index contributed by atoms with van der Waals surface area (Å²) < 4.78 is 5.86. The van der Waals surface area contributed by atoms with E-state index in [4.69, 9.17) is 4.42 Å². The molecule has 1 aliphatic rings. The molecule has 1 aliphatic carbocycles. The predicted molar refractivity (Wildman–Crippen MR) is 74.7 cm³/mol. The molecule has 1 N–H and O–H groups in total. The minimum absolute atomic E-state index is 0.689. The summed E-state index contributed by atoms with van der Waals surface area (Å²) in [6, 6.07) is 4.26. The van der Waals surface area contributed by atoms with Crippen LogP contribution in [0.1, 0.15) is 44.6 Å². The summed E-state index contributed by atoms with van der Waals surface area (Å²) in [5.41, 5.74) is 0. The third-order valence-electron chi connectivity index (χ3n) is 3.96. The second kappa shape index (κ2) is 6.39. The van der Waals surface area contributed by atoms with Gasteiger partial charge < -0.3 is 14.6 Å². The Morgan fingerprint density at radius 2 is 2.06 bits per heavy atom. The van der Waals surface area contributed by atoms with Crippen LogP contribution in [-0.2, 0) is 6.54 Å². The van der Waals surface area contributed by atoms with E-state index in [1.165, 1.54) is 12.2 Å². The summed E-state index contributed by atoms with van der Waals surface area (Å²) in [7, 11) is 0. The van der Waals surface area contributed by atoms with E-state index in [-0.39, 0.29) is 0 Å². The minimum atomic E-state index is 0.689. The Balaban J connectivity index is 1.66. The van der Waals surface area contributed by atoms with Crippen LogP contribution in [0.5, 0.6) is 0 Å². The number of hydrogen-bond acceptors (Lipinski definition) is 3. The van der Waals surface area contributed by atoms with E-state index < -0.39 is 0 Å². The molecular formula is C15H26N2O. The molecule has 102 valence electrons. The second-order valence-electron chi connectivity index (χ2n) is 5.33. The van der Waals surface area contributed by atoms with Crippen LogP contribution in [0.25, 0.3) is 0 Å². The smallest absolute Gasteiger partial charge is 0.117 e. The summed E-state index contributed by atoms with van der Waals surface area (Å²) in [6.07, 6.45) is 1.29. The van der Waals surface area contributed by atoms with Crippen molar-refractivity contribution in [3.63, 3.8) is 0 Å². The van der Waals surface area contributed by atoms with E-state index in [2.05, 4.69) is 43.1 Å². The topological polar surface area (TPSA) is 28.4 Å². The summed E-state index contributed by atoms with van der Waals surface area (Å²) in [5, 5.41) is 3.45. The molecule has 1 aromatic rings. The first-order valence-electron chi connectivity index (χ1n) is 7.26. The van der Waals surface area contributed by atoms with E-state index in [1.54, 1.807) is 0 Å². The molecule has 18 heavy (non-hydrogen) atoms.